The molecule has 2 aromatic carbocycles. The number of amides is 1. The fourth-order valence-electron chi connectivity index (χ4n) is 3.65. The normalized spacial score (nSPS) is 14.9. The zero-order valence-corrected chi connectivity index (χ0v) is 16.3. The molecule has 1 atom stereocenters. The Morgan fingerprint density at radius 1 is 1.11 bits per heavy atom. The maximum absolute atomic E-state index is 12.6. The predicted octanol–water partition coefficient (Wildman–Crippen LogP) is 3.27. The number of hydrogen-bond acceptors (Lipinski definition) is 4. The quantitative estimate of drug-likeness (QED) is 0.815. The highest BCUT2D eigenvalue weighted by Gasteiger charge is 2.23. The summed E-state index contributed by atoms with van der Waals surface area (Å²) in [6.45, 7) is 4.78. The number of fused-ring (bicyclic) bond motifs is 1. The molecule has 1 amide bonds. The van der Waals surface area contributed by atoms with Crippen molar-refractivity contribution in [1.29, 1.82) is 0 Å². The van der Waals surface area contributed by atoms with Gasteiger partial charge in [0.15, 0.2) is 11.5 Å². The molecule has 5 nitrogen and oxygen atoms in total. The van der Waals surface area contributed by atoms with Crippen molar-refractivity contribution in [2.75, 3.05) is 27.3 Å². The van der Waals surface area contributed by atoms with Gasteiger partial charge in [-0.25, -0.2) is 0 Å². The molecule has 0 saturated carbocycles. The van der Waals surface area contributed by atoms with Crippen LogP contribution in [0.5, 0.6) is 11.5 Å². The molecule has 0 spiro atoms. The van der Waals surface area contributed by atoms with Crippen LogP contribution in [0.25, 0.3) is 0 Å². The van der Waals surface area contributed by atoms with E-state index in [4.69, 9.17) is 9.47 Å². The van der Waals surface area contributed by atoms with Crippen molar-refractivity contribution in [3.63, 3.8) is 0 Å². The summed E-state index contributed by atoms with van der Waals surface area (Å²) in [6, 6.07) is 14.2. The lowest BCUT2D eigenvalue weighted by atomic mass is 9.98. The van der Waals surface area contributed by atoms with Crippen LogP contribution in [0.1, 0.15) is 34.8 Å². The summed E-state index contributed by atoms with van der Waals surface area (Å²) in [6.07, 6.45) is 2.06. The van der Waals surface area contributed by atoms with Gasteiger partial charge in [-0.15, -0.1) is 0 Å². The van der Waals surface area contributed by atoms with E-state index in [1.165, 1.54) is 11.1 Å². The van der Waals surface area contributed by atoms with Gasteiger partial charge in [0.25, 0.3) is 5.91 Å². The summed E-state index contributed by atoms with van der Waals surface area (Å²) in [4.78, 5) is 15.1. The molecule has 0 aromatic heterocycles. The van der Waals surface area contributed by atoms with Crippen LogP contribution >= 0.6 is 0 Å². The molecule has 0 saturated heterocycles. The maximum atomic E-state index is 12.6. The van der Waals surface area contributed by atoms with Crippen LogP contribution in [0.2, 0.25) is 0 Å². The SMILES string of the molecule is CCC(CNC(=O)c1ccc(OC)c(OC)c1)N1CCc2ccccc2C1. The summed E-state index contributed by atoms with van der Waals surface area (Å²) >= 11 is 0. The molecular formula is C22H28N2O3. The Hall–Kier alpha value is -2.53. The fraction of sp³-hybridized carbons (Fsp3) is 0.409. The smallest absolute Gasteiger partial charge is 0.251 e. The lowest BCUT2D eigenvalue weighted by molar-refractivity contribution is 0.0926. The van der Waals surface area contributed by atoms with Crippen molar-refractivity contribution in [3.8, 4) is 11.5 Å². The van der Waals surface area contributed by atoms with Crippen LogP contribution in [0, 0.1) is 0 Å². The van der Waals surface area contributed by atoms with Crippen LogP contribution in [0.4, 0.5) is 0 Å². The summed E-state index contributed by atoms with van der Waals surface area (Å²) < 4.78 is 10.5. The third-order valence-electron chi connectivity index (χ3n) is 5.29. The number of benzene rings is 2. The Morgan fingerprint density at radius 2 is 1.85 bits per heavy atom. The average Bonchev–Trinajstić information content (AvgIpc) is 2.73. The van der Waals surface area contributed by atoms with Gasteiger partial charge >= 0.3 is 0 Å². The van der Waals surface area contributed by atoms with E-state index < -0.39 is 0 Å². The number of nitrogens with one attached hydrogen (secondary N) is 1. The van der Waals surface area contributed by atoms with E-state index in [1.807, 2.05) is 0 Å². The monoisotopic (exact) mass is 368 g/mol. The molecule has 2 aromatic rings. The lowest BCUT2D eigenvalue weighted by Gasteiger charge is -2.35. The van der Waals surface area contributed by atoms with Crippen molar-refractivity contribution in [3.05, 3.63) is 59.2 Å². The predicted molar refractivity (Wildman–Crippen MR) is 107 cm³/mol. The van der Waals surface area contributed by atoms with Gasteiger partial charge in [-0.05, 0) is 42.2 Å². The molecule has 5 heteroatoms. The van der Waals surface area contributed by atoms with Crippen LogP contribution in [-0.2, 0) is 13.0 Å². The number of carbonyl (C=O) groups is 1. The molecule has 1 heterocycles. The van der Waals surface area contributed by atoms with Gasteiger partial charge in [0.2, 0.25) is 0 Å². The summed E-state index contributed by atoms with van der Waals surface area (Å²) in [5.41, 5.74) is 3.41. The number of carbonyl (C=O) groups excluding carboxylic acids is 1. The number of methoxy groups -OCH3 is 2. The summed E-state index contributed by atoms with van der Waals surface area (Å²) in [7, 11) is 3.15. The first-order valence-electron chi connectivity index (χ1n) is 9.47. The maximum Gasteiger partial charge on any atom is 0.251 e. The third-order valence-corrected chi connectivity index (χ3v) is 5.29. The van der Waals surface area contributed by atoms with Gasteiger partial charge < -0.3 is 14.8 Å². The van der Waals surface area contributed by atoms with Crippen molar-refractivity contribution >= 4 is 5.91 Å². The first kappa shape index (κ1) is 19.2. The van der Waals surface area contributed by atoms with E-state index in [-0.39, 0.29) is 5.91 Å². The van der Waals surface area contributed by atoms with Gasteiger partial charge in [0.1, 0.15) is 0 Å². The van der Waals surface area contributed by atoms with Gasteiger partial charge in [0, 0.05) is 31.2 Å². The van der Waals surface area contributed by atoms with Gasteiger partial charge in [-0.1, -0.05) is 31.2 Å². The number of ether oxygens (including phenoxy) is 2. The van der Waals surface area contributed by atoms with E-state index >= 15 is 0 Å². The minimum Gasteiger partial charge on any atom is -0.493 e. The molecule has 0 bridgehead atoms. The topological polar surface area (TPSA) is 50.8 Å². The highest BCUT2D eigenvalue weighted by molar-refractivity contribution is 5.94. The second-order valence-corrected chi connectivity index (χ2v) is 6.83. The van der Waals surface area contributed by atoms with Gasteiger partial charge in [0.05, 0.1) is 14.2 Å². The van der Waals surface area contributed by atoms with E-state index in [2.05, 4.69) is 41.4 Å². The molecule has 0 radical (unpaired) electrons. The lowest BCUT2D eigenvalue weighted by Crippen LogP contribution is -2.45. The van der Waals surface area contributed by atoms with Crippen molar-refractivity contribution < 1.29 is 14.3 Å². The molecule has 3 rings (SSSR count). The summed E-state index contributed by atoms with van der Waals surface area (Å²) in [5.74, 6) is 1.09. The Balaban J connectivity index is 1.62. The Bertz CT molecular complexity index is 791. The Kier molecular flexibility index (Phi) is 6.35. The Morgan fingerprint density at radius 3 is 2.56 bits per heavy atom. The fourth-order valence-corrected chi connectivity index (χ4v) is 3.65. The standard InChI is InChI=1S/C22H28N2O3/c1-4-19(24-12-11-16-7-5-6-8-18(16)15-24)14-23-22(25)17-9-10-20(26-2)21(13-17)27-3/h5-10,13,19H,4,11-12,14-15H2,1-3H3,(H,23,25). The molecule has 27 heavy (non-hydrogen) atoms. The molecule has 0 aliphatic carbocycles. The van der Waals surface area contributed by atoms with E-state index in [0.717, 1.165) is 25.9 Å². The minimum absolute atomic E-state index is 0.0909. The molecule has 1 N–H and O–H groups in total. The highest BCUT2D eigenvalue weighted by atomic mass is 16.5. The average molecular weight is 368 g/mol. The molecule has 0 fully saturated rings. The Labute approximate surface area is 161 Å². The third kappa shape index (κ3) is 4.42. The van der Waals surface area contributed by atoms with Crippen LogP contribution in [0.15, 0.2) is 42.5 Å². The van der Waals surface area contributed by atoms with E-state index in [1.54, 1.807) is 32.4 Å². The minimum atomic E-state index is -0.0909. The zero-order valence-electron chi connectivity index (χ0n) is 16.3. The second kappa shape index (κ2) is 8.91. The zero-order chi connectivity index (χ0) is 19.2. The van der Waals surface area contributed by atoms with Gasteiger partial charge in [-0.2, -0.15) is 0 Å². The van der Waals surface area contributed by atoms with Crippen molar-refractivity contribution in [2.45, 2.75) is 32.4 Å². The van der Waals surface area contributed by atoms with E-state index in [9.17, 15) is 4.79 Å². The second-order valence-electron chi connectivity index (χ2n) is 6.83. The van der Waals surface area contributed by atoms with Crippen molar-refractivity contribution in [2.24, 2.45) is 0 Å². The summed E-state index contributed by atoms with van der Waals surface area (Å²) in [5, 5.41) is 3.08. The van der Waals surface area contributed by atoms with Gasteiger partial charge in [-0.3, -0.25) is 9.69 Å². The number of rotatable bonds is 7. The van der Waals surface area contributed by atoms with E-state index in [0.29, 0.717) is 29.6 Å². The molecule has 144 valence electrons. The molecule has 1 aliphatic heterocycles. The number of nitrogens with zero attached hydrogens (tertiary/aromatic N) is 1. The van der Waals surface area contributed by atoms with Crippen LogP contribution in [-0.4, -0.2) is 44.2 Å². The van der Waals surface area contributed by atoms with Crippen LogP contribution < -0.4 is 14.8 Å². The molecule has 1 unspecified atom stereocenters. The van der Waals surface area contributed by atoms with Crippen LogP contribution in [0.3, 0.4) is 0 Å². The highest BCUT2D eigenvalue weighted by Crippen LogP contribution is 2.27. The first-order chi connectivity index (χ1) is 13.2. The first-order valence-corrected chi connectivity index (χ1v) is 9.47. The molecule has 1 aliphatic rings. The number of hydrogen-bond donors (Lipinski definition) is 1. The van der Waals surface area contributed by atoms with Crippen molar-refractivity contribution in [1.82, 2.24) is 10.2 Å². The largest absolute Gasteiger partial charge is 0.493 e. The molecular weight excluding hydrogens is 340 g/mol.